The maximum absolute atomic E-state index is 13.5. The Bertz CT molecular complexity index is 1020. The number of ether oxygens (including phenoxy) is 2. The Morgan fingerprint density at radius 2 is 1.97 bits per heavy atom. The van der Waals surface area contributed by atoms with Crippen LogP contribution in [0.4, 0.5) is 0 Å². The van der Waals surface area contributed by atoms with Crippen molar-refractivity contribution in [1.82, 2.24) is 9.88 Å². The van der Waals surface area contributed by atoms with Crippen LogP contribution in [0, 0.1) is 5.92 Å². The summed E-state index contributed by atoms with van der Waals surface area (Å²) in [5, 5.41) is 2.91. The van der Waals surface area contributed by atoms with Crippen molar-refractivity contribution in [1.29, 1.82) is 0 Å². The standard InChI is InChI=1S/C23H22N2O3S/c26-23(19-7-6-17-3-1-2-4-18(17)12-19)25(14-22-24-9-10-29-22)13-16-5-8-20-21(11-16)28-15-27-20/h1-5,8-11,19H,6-7,12-15H2. The Hall–Kier alpha value is -2.86. The van der Waals surface area contributed by atoms with Crippen molar-refractivity contribution in [2.24, 2.45) is 5.92 Å². The third kappa shape index (κ3) is 3.85. The van der Waals surface area contributed by atoms with Crippen LogP contribution in [0.5, 0.6) is 11.5 Å². The molecule has 1 unspecified atom stereocenters. The van der Waals surface area contributed by atoms with E-state index in [1.165, 1.54) is 11.1 Å². The molecule has 1 atom stereocenters. The van der Waals surface area contributed by atoms with Crippen molar-refractivity contribution >= 4 is 17.2 Å². The highest BCUT2D eigenvalue weighted by Crippen LogP contribution is 2.33. The molecule has 0 bridgehead atoms. The molecule has 0 saturated heterocycles. The summed E-state index contributed by atoms with van der Waals surface area (Å²) in [5.74, 6) is 1.72. The predicted octanol–water partition coefficient (Wildman–Crippen LogP) is 4.21. The fourth-order valence-corrected chi connectivity index (χ4v) is 4.76. The summed E-state index contributed by atoms with van der Waals surface area (Å²) >= 11 is 1.58. The molecule has 0 radical (unpaired) electrons. The second-order valence-corrected chi connectivity index (χ2v) is 8.50. The fraction of sp³-hybridized carbons (Fsp3) is 0.304. The van der Waals surface area contributed by atoms with Crippen molar-refractivity contribution in [3.8, 4) is 11.5 Å². The van der Waals surface area contributed by atoms with Crippen molar-refractivity contribution in [2.75, 3.05) is 6.79 Å². The summed E-state index contributed by atoms with van der Waals surface area (Å²) in [6, 6.07) is 14.4. The first kappa shape index (κ1) is 18.2. The quantitative estimate of drug-likeness (QED) is 0.637. The molecule has 2 heterocycles. The van der Waals surface area contributed by atoms with Crippen LogP contribution in [-0.2, 0) is 30.7 Å². The number of aryl methyl sites for hydroxylation is 1. The van der Waals surface area contributed by atoms with E-state index in [1.807, 2.05) is 28.5 Å². The number of thiazole rings is 1. The number of rotatable bonds is 5. The van der Waals surface area contributed by atoms with E-state index in [0.29, 0.717) is 13.1 Å². The minimum atomic E-state index is 0.0128. The van der Waals surface area contributed by atoms with E-state index in [4.69, 9.17) is 9.47 Å². The van der Waals surface area contributed by atoms with Crippen LogP contribution in [0.15, 0.2) is 54.0 Å². The summed E-state index contributed by atoms with van der Waals surface area (Å²) in [7, 11) is 0. The monoisotopic (exact) mass is 406 g/mol. The highest BCUT2D eigenvalue weighted by Gasteiger charge is 2.29. The van der Waals surface area contributed by atoms with Crippen LogP contribution in [0.3, 0.4) is 0 Å². The molecule has 1 amide bonds. The van der Waals surface area contributed by atoms with Gasteiger partial charge < -0.3 is 14.4 Å². The largest absolute Gasteiger partial charge is 0.454 e. The normalized spacial score (nSPS) is 17.0. The van der Waals surface area contributed by atoms with Gasteiger partial charge in [-0.1, -0.05) is 30.3 Å². The van der Waals surface area contributed by atoms with E-state index in [0.717, 1.165) is 41.3 Å². The first-order valence-corrected chi connectivity index (χ1v) is 10.8. The molecule has 29 heavy (non-hydrogen) atoms. The number of nitrogens with zero attached hydrogens (tertiary/aromatic N) is 2. The number of hydrogen-bond acceptors (Lipinski definition) is 5. The summed E-state index contributed by atoms with van der Waals surface area (Å²) in [4.78, 5) is 19.9. The van der Waals surface area contributed by atoms with Crippen LogP contribution in [0.1, 0.15) is 28.1 Å². The Morgan fingerprint density at radius 1 is 1.10 bits per heavy atom. The number of fused-ring (bicyclic) bond motifs is 2. The van der Waals surface area contributed by atoms with Gasteiger partial charge in [-0.15, -0.1) is 11.3 Å². The Labute approximate surface area is 173 Å². The Balaban J connectivity index is 1.37. The minimum absolute atomic E-state index is 0.0128. The zero-order chi connectivity index (χ0) is 19.6. The summed E-state index contributed by atoms with van der Waals surface area (Å²) in [5.41, 5.74) is 3.71. The van der Waals surface area contributed by atoms with Gasteiger partial charge in [0.25, 0.3) is 0 Å². The minimum Gasteiger partial charge on any atom is -0.454 e. The molecular formula is C23H22N2O3S. The Kier molecular flexibility index (Phi) is 4.94. The molecule has 2 aliphatic rings. The lowest BCUT2D eigenvalue weighted by Gasteiger charge is -2.30. The highest BCUT2D eigenvalue weighted by molar-refractivity contribution is 7.09. The first-order chi connectivity index (χ1) is 14.3. The van der Waals surface area contributed by atoms with Gasteiger partial charge in [0, 0.05) is 24.0 Å². The number of carbonyl (C=O) groups is 1. The molecule has 0 spiro atoms. The first-order valence-electron chi connectivity index (χ1n) is 9.89. The number of benzene rings is 2. The van der Waals surface area contributed by atoms with Gasteiger partial charge in [0.05, 0.1) is 6.54 Å². The molecule has 0 fully saturated rings. The molecule has 148 valence electrons. The predicted molar refractivity (Wildman–Crippen MR) is 111 cm³/mol. The van der Waals surface area contributed by atoms with Crippen LogP contribution in [0.2, 0.25) is 0 Å². The maximum Gasteiger partial charge on any atom is 0.231 e. The topological polar surface area (TPSA) is 51.7 Å². The van der Waals surface area contributed by atoms with E-state index in [1.54, 1.807) is 17.5 Å². The average molecular weight is 407 g/mol. The molecule has 1 aliphatic carbocycles. The van der Waals surface area contributed by atoms with Crippen molar-refractivity contribution in [3.63, 3.8) is 0 Å². The van der Waals surface area contributed by atoms with Crippen LogP contribution in [-0.4, -0.2) is 22.6 Å². The highest BCUT2D eigenvalue weighted by atomic mass is 32.1. The maximum atomic E-state index is 13.5. The lowest BCUT2D eigenvalue weighted by atomic mass is 9.83. The number of amides is 1. The van der Waals surface area contributed by atoms with Crippen molar-refractivity contribution in [3.05, 3.63) is 75.7 Å². The van der Waals surface area contributed by atoms with Crippen LogP contribution in [0.25, 0.3) is 0 Å². The molecule has 2 aromatic carbocycles. The van der Waals surface area contributed by atoms with E-state index >= 15 is 0 Å². The van der Waals surface area contributed by atoms with Gasteiger partial charge in [0.2, 0.25) is 12.7 Å². The molecule has 1 aliphatic heterocycles. The fourth-order valence-electron chi connectivity index (χ4n) is 4.13. The smallest absolute Gasteiger partial charge is 0.231 e. The zero-order valence-electron chi connectivity index (χ0n) is 16.0. The second kappa shape index (κ2) is 7.87. The van der Waals surface area contributed by atoms with Gasteiger partial charge in [-0.25, -0.2) is 4.98 Å². The van der Waals surface area contributed by atoms with E-state index in [9.17, 15) is 4.79 Å². The molecule has 0 N–H and O–H groups in total. The molecular weight excluding hydrogens is 384 g/mol. The zero-order valence-corrected chi connectivity index (χ0v) is 16.9. The van der Waals surface area contributed by atoms with E-state index < -0.39 is 0 Å². The van der Waals surface area contributed by atoms with Crippen molar-refractivity contribution in [2.45, 2.75) is 32.4 Å². The number of hydrogen-bond donors (Lipinski definition) is 0. The summed E-state index contributed by atoms with van der Waals surface area (Å²) in [6.07, 6.45) is 4.46. The third-order valence-electron chi connectivity index (χ3n) is 5.63. The summed E-state index contributed by atoms with van der Waals surface area (Å²) in [6.45, 7) is 1.32. The lowest BCUT2D eigenvalue weighted by Crippen LogP contribution is -2.37. The second-order valence-electron chi connectivity index (χ2n) is 7.52. The molecule has 0 saturated carbocycles. The van der Waals surface area contributed by atoms with Gasteiger partial charge in [-0.2, -0.15) is 0 Å². The van der Waals surface area contributed by atoms with Gasteiger partial charge in [-0.3, -0.25) is 4.79 Å². The Morgan fingerprint density at radius 3 is 2.83 bits per heavy atom. The molecule has 3 aromatic rings. The van der Waals surface area contributed by atoms with Crippen LogP contribution < -0.4 is 9.47 Å². The van der Waals surface area contributed by atoms with E-state index in [-0.39, 0.29) is 18.6 Å². The molecule has 5 nitrogen and oxygen atoms in total. The van der Waals surface area contributed by atoms with Crippen LogP contribution >= 0.6 is 11.3 Å². The van der Waals surface area contributed by atoms with Gasteiger partial charge in [0.15, 0.2) is 11.5 Å². The average Bonchev–Trinajstić information content (AvgIpc) is 3.44. The molecule has 6 heteroatoms. The number of carbonyl (C=O) groups excluding carboxylic acids is 1. The third-order valence-corrected chi connectivity index (χ3v) is 6.39. The summed E-state index contributed by atoms with van der Waals surface area (Å²) < 4.78 is 10.9. The van der Waals surface area contributed by atoms with E-state index in [2.05, 4.69) is 29.2 Å². The SMILES string of the molecule is O=C(C1CCc2ccccc2C1)N(Cc1ccc2c(c1)OCO2)Cc1nccs1. The van der Waals surface area contributed by atoms with Gasteiger partial charge in [-0.05, 0) is 48.1 Å². The van der Waals surface area contributed by atoms with Crippen molar-refractivity contribution < 1.29 is 14.3 Å². The molecule has 1 aromatic heterocycles. The van der Waals surface area contributed by atoms with Gasteiger partial charge in [0.1, 0.15) is 5.01 Å². The van der Waals surface area contributed by atoms with Gasteiger partial charge >= 0.3 is 0 Å². The number of aromatic nitrogens is 1. The molecule has 5 rings (SSSR count). The lowest BCUT2D eigenvalue weighted by molar-refractivity contribution is -0.137.